The van der Waals surface area contributed by atoms with Crippen molar-refractivity contribution in [3.63, 3.8) is 0 Å². The number of carbonyl (C=O) groups is 2. The van der Waals surface area contributed by atoms with Crippen molar-refractivity contribution in [2.45, 2.75) is 39.0 Å². The molecule has 0 radical (unpaired) electrons. The molecule has 2 fully saturated rings. The molecule has 1 amide bonds. The molecule has 38 heavy (non-hydrogen) atoms. The number of piperazine rings is 1. The third kappa shape index (κ3) is 6.19. The highest BCUT2D eigenvalue weighted by Gasteiger charge is 2.26. The Morgan fingerprint density at radius 3 is 2.71 bits per heavy atom. The van der Waals surface area contributed by atoms with Crippen molar-refractivity contribution in [3.05, 3.63) is 41.2 Å². The van der Waals surface area contributed by atoms with Gasteiger partial charge in [0.15, 0.2) is 6.29 Å². The molecule has 2 aliphatic rings. The number of nitrogens with zero attached hydrogens (tertiary/aromatic N) is 7. The highest BCUT2D eigenvalue weighted by atomic mass is 16.5. The van der Waals surface area contributed by atoms with Gasteiger partial charge in [0.1, 0.15) is 23.4 Å². The predicted octanol–water partition coefficient (Wildman–Crippen LogP) is 0.873. The molecule has 2 aliphatic heterocycles. The Morgan fingerprint density at radius 2 is 2.05 bits per heavy atom. The van der Waals surface area contributed by atoms with Gasteiger partial charge in [0.05, 0.1) is 30.0 Å². The number of carbonyl (C=O) groups excluding carboxylic acids is 2. The van der Waals surface area contributed by atoms with Gasteiger partial charge in [-0.1, -0.05) is 6.07 Å². The van der Waals surface area contributed by atoms with E-state index in [1.54, 1.807) is 30.1 Å². The summed E-state index contributed by atoms with van der Waals surface area (Å²) in [6.07, 6.45) is 0.949. The van der Waals surface area contributed by atoms with E-state index in [0.717, 1.165) is 6.54 Å². The monoisotopic (exact) mass is 522 g/mol. The van der Waals surface area contributed by atoms with E-state index in [9.17, 15) is 20.0 Å². The number of aldehydes is 1. The number of ether oxygens (including phenoxy) is 1. The van der Waals surface area contributed by atoms with Gasteiger partial charge in [0.2, 0.25) is 12.3 Å². The maximum atomic E-state index is 12.3. The van der Waals surface area contributed by atoms with Crippen LogP contribution in [0.2, 0.25) is 0 Å². The fourth-order valence-electron chi connectivity index (χ4n) is 4.72. The topological polar surface area (TPSA) is 138 Å². The molecule has 0 bridgehead atoms. The maximum Gasteiger partial charge on any atom is 0.237 e. The number of aliphatic hydroxyl groups excluding tert-OH is 1. The second kappa shape index (κ2) is 11.7. The van der Waals surface area contributed by atoms with E-state index >= 15 is 0 Å². The Kier molecular flexibility index (Phi) is 8.41. The number of hydrogen-bond donors (Lipinski definition) is 2. The van der Waals surface area contributed by atoms with Crippen LogP contribution in [0, 0.1) is 11.3 Å². The number of nitrogens with one attached hydrogen (secondary N) is 1. The molecule has 2 N–H and O–H groups in total. The number of amides is 1. The number of aromatic nitrogens is 2. The molecule has 0 aliphatic carbocycles. The van der Waals surface area contributed by atoms with Crippen LogP contribution in [0.15, 0.2) is 24.4 Å². The van der Waals surface area contributed by atoms with Crippen molar-refractivity contribution in [3.8, 4) is 6.07 Å². The number of rotatable bonds is 8. The normalized spacial score (nSPS) is 21.1. The zero-order valence-corrected chi connectivity index (χ0v) is 22.2. The molecular weight excluding hydrogens is 488 g/mol. The Morgan fingerprint density at radius 1 is 1.32 bits per heavy atom. The Hall–Kier alpha value is -3.79. The molecule has 0 spiro atoms. The minimum atomic E-state index is -1.22. The molecule has 2 aromatic rings. The zero-order chi connectivity index (χ0) is 27.4. The average Bonchev–Trinajstić information content (AvgIpc) is 2.89. The third-order valence-corrected chi connectivity index (χ3v) is 6.75. The molecule has 0 saturated carbocycles. The summed E-state index contributed by atoms with van der Waals surface area (Å²) in [4.78, 5) is 40.1. The summed E-state index contributed by atoms with van der Waals surface area (Å²) in [6, 6.07) is 7.37. The molecule has 1 unspecified atom stereocenters. The number of hydrogen-bond acceptors (Lipinski definition) is 11. The van der Waals surface area contributed by atoms with Crippen LogP contribution in [0.1, 0.15) is 35.5 Å². The first-order valence-electron chi connectivity index (χ1n) is 12.6. The van der Waals surface area contributed by atoms with Gasteiger partial charge in [0, 0.05) is 57.6 Å². The SMILES string of the molecule is C[C@@H]1CN(c2cc(NC(O)N(C)c3ccc(CN4CCN(C)CC4=O)c(C=O)n3)ncc2C#N)C[C@H](C)O1. The Balaban J connectivity index is 1.47. The van der Waals surface area contributed by atoms with Crippen molar-refractivity contribution < 1.29 is 19.4 Å². The number of pyridine rings is 2. The smallest absolute Gasteiger partial charge is 0.237 e. The van der Waals surface area contributed by atoms with Gasteiger partial charge in [-0.15, -0.1) is 0 Å². The second-order valence-corrected chi connectivity index (χ2v) is 9.87. The summed E-state index contributed by atoms with van der Waals surface area (Å²) in [5.74, 6) is 0.753. The molecule has 3 atom stereocenters. The first kappa shape index (κ1) is 27.3. The standard InChI is InChI=1S/C26H34N8O4/c1-17-12-34(13-18(2)38-17)22-9-23(28-11-20(22)10-27)30-26(37)32(4)24-6-5-19(21(16-35)29-24)14-33-8-7-31(3)15-25(33)36/h5-6,9,11,16-18,26,37H,7-8,12-15H2,1-4H3,(H,28,30)/t17-,18+,26?. The highest BCUT2D eigenvalue weighted by molar-refractivity contribution is 5.80. The lowest BCUT2D eigenvalue weighted by molar-refractivity contribution is -0.136. The average molecular weight is 523 g/mol. The largest absolute Gasteiger partial charge is 0.372 e. The van der Waals surface area contributed by atoms with Gasteiger partial charge < -0.3 is 29.9 Å². The van der Waals surface area contributed by atoms with E-state index in [2.05, 4.69) is 26.3 Å². The quantitative estimate of drug-likeness (QED) is 0.377. The molecule has 4 rings (SSSR count). The molecule has 2 aromatic heterocycles. The molecule has 2 saturated heterocycles. The van der Waals surface area contributed by atoms with Crippen LogP contribution in [-0.2, 0) is 16.1 Å². The van der Waals surface area contributed by atoms with E-state index in [0.29, 0.717) is 67.5 Å². The summed E-state index contributed by atoms with van der Waals surface area (Å²) in [7, 11) is 3.53. The van der Waals surface area contributed by atoms with Gasteiger partial charge in [-0.25, -0.2) is 9.97 Å². The van der Waals surface area contributed by atoms with Crippen LogP contribution in [0.5, 0.6) is 0 Å². The maximum absolute atomic E-state index is 12.3. The van der Waals surface area contributed by atoms with E-state index in [4.69, 9.17) is 4.74 Å². The summed E-state index contributed by atoms with van der Waals surface area (Å²) < 4.78 is 5.81. The van der Waals surface area contributed by atoms with Gasteiger partial charge in [0.25, 0.3) is 0 Å². The zero-order valence-electron chi connectivity index (χ0n) is 22.2. The minimum Gasteiger partial charge on any atom is -0.372 e. The molecular formula is C26H34N8O4. The second-order valence-electron chi connectivity index (χ2n) is 9.87. The highest BCUT2D eigenvalue weighted by Crippen LogP contribution is 2.27. The van der Waals surface area contributed by atoms with Crippen LogP contribution < -0.4 is 15.1 Å². The fourth-order valence-corrected chi connectivity index (χ4v) is 4.72. The summed E-state index contributed by atoms with van der Waals surface area (Å²) in [5.41, 5.74) is 2.00. The van der Waals surface area contributed by atoms with Crippen molar-refractivity contribution >= 4 is 29.5 Å². The van der Waals surface area contributed by atoms with E-state index in [1.165, 1.54) is 11.1 Å². The van der Waals surface area contributed by atoms with E-state index < -0.39 is 6.35 Å². The number of aliphatic hydroxyl groups is 1. The predicted molar refractivity (Wildman–Crippen MR) is 142 cm³/mol. The van der Waals surface area contributed by atoms with Gasteiger partial charge in [-0.05, 0) is 27.0 Å². The third-order valence-electron chi connectivity index (χ3n) is 6.75. The lowest BCUT2D eigenvalue weighted by Gasteiger charge is -2.37. The van der Waals surface area contributed by atoms with Crippen LogP contribution in [0.25, 0.3) is 0 Å². The van der Waals surface area contributed by atoms with Crippen molar-refractivity contribution in [2.75, 3.05) is 61.9 Å². The van der Waals surface area contributed by atoms with Gasteiger partial charge >= 0.3 is 0 Å². The Labute approximate surface area is 222 Å². The van der Waals surface area contributed by atoms with Crippen molar-refractivity contribution in [1.82, 2.24) is 19.8 Å². The van der Waals surface area contributed by atoms with Crippen LogP contribution in [0.3, 0.4) is 0 Å². The summed E-state index contributed by atoms with van der Waals surface area (Å²) in [5, 5.41) is 23.4. The van der Waals surface area contributed by atoms with Gasteiger partial charge in [-0.3, -0.25) is 14.5 Å². The van der Waals surface area contributed by atoms with Crippen LogP contribution >= 0.6 is 0 Å². The van der Waals surface area contributed by atoms with Crippen LogP contribution in [-0.4, -0.2) is 102 Å². The number of nitriles is 1. The van der Waals surface area contributed by atoms with E-state index in [-0.39, 0.29) is 23.8 Å². The van der Waals surface area contributed by atoms with Crippen LogP contribution in [0.4, 0.5) is 17.3 Å². The minimum absolute atomic E-state index is 0.00620. The van der Waals surface area contributed by atoms with Gasteiger partial charge in [-0.2, -0.15) is 5.26 Å². The van der Waals surface area contributed by atoms with E-state index in [1.807, 2.05) is 25.8 Å². The lowest BCUT2D eigenvalue weighted by atomic mass is 10.1. The molecule has 4 heterocycles. The molecule has 202 valence electrons. The number of morpholine rings is 1. The fraction of sp³-hybridized carbons (Fsp3) is 0.500. The lowest BCUT2D eigenvalue weighted by Crippen LogP contribution is -2.48. The Bertz CT molecular complexity index is 1210. The number of likely N-dealkylation sites (N-methyl/N-ethyl adjacent to an activating group) is 1. The summed E-state index contributed by atoms with van der Waals surface area (Å²) in [6.45, 7) is 7.24. The molecule has 12 nitrogen and oxygen atoms in total. The number of anilines is 3. The first-order chi connectivity index (χ1) is 18.2. The molecule has 12 heteroatoms. The summed E-state index contributed by atoms with van der Waals surface area (Å²) >= 11 is 0. The first-order valence-corrected chi connectivity index (χ1v) is 12.6. The molecule has 0 aromatic carbocycles. The van der Waals surface area contributed by atoms with Crippen molar-refractivity contribution in [1.29, 1.82) is 5.26 Å². The van der Waals surface area contributed by atoms with Crippen molar-refractivity contribution in [2.24, 2.45) is 0 Å².